The fraction of sp³-hybridized carbons (Fsp3) is 0.133. The van der Waals surface area contributed by atoms with Crippen molar-refractivity contribution in [2.24, 2.45) is 0 Å². The van der Waals surface area contributed by atoms with E-state index in [0.29, 0.717) is 17.5 Å². The van der Waals surface area contributed by atoms with Crippen molar-refractivity contribution >= 4 is 17.4 Å². The Morgan fingerprint density at radius 2 is 1.96 bits per heavy atom. The molecule has 0 bridgehead atoms. The van der Waals surface area contributed by atoms with Gasteiger partial charge in [-0.2, -0.15) is 0 Å². The summed E-state index contributed by atoms with van der Waals surface area (Å²) in [7, 11) is 0. The summed E-state index contributed by atoms with van der Waals surface area (Å²) in [4.78, 5) is 26.2. The van der Waals surface area contributed by atoms with Crippen LogP contribution < -0.4 is 5.56 Å². The number of hydrogen-bond acceptors (Lipinski definition) is 6. The van der Waals surface area contributed by atoms with E-state index in [9.17, 15) is 14.9 Å². The lowest BCUT2D eigenvalue weighted by atomic mass is 10.3. The van der Waals surface area contributed by atoms with E-state index in [1.807, 2.05) is 30.3 Å². The van der Waals surface area contributed by atoms with Crippen LogP contribution in [0, 0.1) is 10.1 Å². The summed E-state index contributed by atoms with van der Waals surface area (Å²) in [5.41, 5.74) is 0.529. The van der Waals surface area contributed by atoms with Crippen molar-refractivity contribution in [1.29, 1.82) is 0 Å². The average Bonchev–Trinajstić information content (AvgIpc) is 3.06. The van der Waals surface area contributed by atoms with Crippen LogP contribution in [0.2, 0.25) is 0 Å². The summed E-state index contributed by atoms with van der Waals surface area (Å²) in [6, 6.07) is 12.0. The first-order valence-corrected chi connectivity index (χ1v) is 8.07. The van der Waals surface area contributed by atoms with E-state index in [1.165, 1.54) is 34.7 Å². The average molecular weight is 343 g/mol. The molecule has 0 unspecified atom stereocenters. The number of thioether (sulfide) groups is 1. The van der Waals surface area contributed by atoms with E-state index in [2.05, 4.69) is 10.1 Å². The molecule has 9 heteroatoms. The number of hydrogen-bond donors (Lipinski definition) is 0. The molecule has 0 radical (unpaired) electrons. The van der Waals surface area contributed by atoms with Crippen molar-refractivity contribution < 1.29 is 4.92 Å². The van der Waals surface area contributed by atoms with Gasteiger partial charge in [0.2, 0.25) is 5.16 Å². The summed E-state index contributed by atoms with van der Waals surface area (Å²) < 4.78 is 2.99. The van der Waals surface area contributed by atoms with Crippen LogP contribution in [0.5, 0.6) is 0 Å². The van der Waals surface area contributed by atoms with Crippen LogP contribution in [0.1, 0.15) is 0 Å². The van der Waals surface area contributed by atoms with E-state index >= 15 is 0 Å². The number of pyridine rings is 1. The molecule has 0 aliphatic carbocycles. The molecule has 8 nitrogen and oxygen atoms in total. The van der Waals surface area contributed by atoms with Crippen molar-refractivity contribution in [1.82, 2.24) is 19.3 Å². The Kier molecular flexibility index (Phi) is 4.71. The van der Waals surface area contributed by atoms with Crippen LogP contribution in [0.3, 0.4) is 0 Å². The van der Waals surface area contributed by atoms with Crippen molar-refractivity contribution in [3.8, 4) is 5.69 Å². The van der Waals surface area contributed by atoms with E-state index in [1.54, 1.807) is 11.0 Å². The van der Waals surface area contributed by atoms with Gasteiger partial charge in [0.25, 0.3) is 11.2 Å². The Labute approximate surface area is 140 Å². The summed E-state index contributed by atoms with van der Waals surface area (Å²) >= 11 is 1.38. The summed E-state index contributed by atoms with van der Waals surface area (Å²) in [6.45, 7) is 0.338. The SMILES string of the molecule is O=c1ccc([N+](=O)[O-])cn1CCSc1ncn(-c2ccccc2)n1. The van der Waals surface area contributed by atoms with Crippen LogP contribution in [-0.4, -0.2) is 30.0 Å². The number of nitrogens with zero attached hydrogens (tertiary/aromatic N) is 5. The topological polar surface area (TPSA) is 95.8 Å². The molecule has 3 rings (SSSR count). The second-order valence-electron chi connectivity index (χ2n) is 4.83. The van der Waals surface area contributed by atoms with Crippen molar-refractivity contribution in [2.75, 3.05) is 5.75 Å². The summed E-state index contributed by atoms with van der Waals surface area (Å²) in [6.07, 6.45) is 2.87. The zero-order valence-corrected chi connectivity index (χ0v) is 13.3. The Morgan fingerprint density at radius 1 is 1.17 bits per heavy atom. The van der Waals surface area contributed by atoms with E-state index in [0.717, 1.165) is 5.69 Å². The maximum Gasteiger partial charge on any atom is 0.285 e. The largest absolute Gasteiger partial charge is 0.308 e. The Morgan fingerprint density at radius 3 is 2.71 bits per heavy atom. The second kappa shape index (κ2) is 7.09. The molecule has 2 heterocycles. The zero-order chi connectivity index (χ0) is 16.9. The van der Waals surface area contributed by atoms with E-state index in [-0.39, 0.29) is 11.2 Å². The first-order chi connectivity index (χ1) is 11.6. The van der Waals surface area contributed by atoms with Crippen molar-refractivity contribution in [3.63, 3.8) is 0 Å². The molecular formula is C15H13N5O3S. The van der Waals surface area contributed by atoms with Crippen LogP contribution in [0.15, 0.2) is 64.9 Å². The number of rotatable bonds is 6. The van der Waals surface area contributed by atoms with Crippen LogP contribution in [0.25, 0.3) is 5.69 Å². The van der Waals surface area contributed by atoms with Crippen LogP contribution >= 0.6 is 11.8 Å². The highest BCUT2D eigenvalue weighted by molar-refractivity contribution is 7.99. The van der Waals surface area contributed by atoms with Crippen LogP contribution in [-0.2, 0) is 6.54 Å². The molecule has 0 spiro atoms. The Bertz CT molecular complexity index is 907. The molecule has 1 aromatic carbocycles. The predicted octanol–water partition coefficient (Wildman–Crippen LogP) is 2.13. The fourth-order valence-corrected chi connectivity index (χ4v) is 2.79. The van der Waals surface area contributed by atoms with Gasteiger partial charge in [-0.25, -0.2) is 9.67 Å². The van der Waals surface area contributed by atoms with Gasteiger partial charge in [-0.05, 0) is 12.1 Å². The van der Waals surface area contributed by atoms with Gasteiger partial charge in [-0.15, -0.1) is 5.10 Å². The molecular weight excluding hydrogens is 330 g/mol. The highest BCUT2D eigenvalue weighted by atomic mass is 32.2. The number of para-hydroxylation sites is 1. The molecule has 0 saturated carbocycles. The molecule has 0 aliphatic rings. The molecule has 0 saturated heterocycles. The van der Waals surface area contributed by atoms with Gasteiger partial charge in [0.05, 0.1) is 16.8 Å². The lowest BCUT2D eigenvalue weighted by Gasteiger charge is -2.03. The first-order valence-electron chi connectivity index (χ1n) is 7.08. The monoisotopic (exact) mass is 343 g/mol. The number of aromatic nitrogens is 4. The van der Waals surface area contributed by atoms with Gasteiger partial charge < -0.3 is 4.57 Å². The van der Waals surface area contributed by atoms with Crippen molar-refractivity contribution in [3.05, 3.63) is 75.5 Å². The normalized spacial score (nSPS) is 10.7. The van der Waals surface area contributed by atoms with Gasteiger partial charge in [0.1, 0.15) is 6.33 Å². The number of benzene rings is 1. The molecule has 2 aromatic heterocycles. The standard InChI is InChI=1S/C15H13N5O3S/c21-14-7-6-13(20(22)23)10-18(14)8-9-24-15-16-11-19(17-15)12-4-2-1-3-5-12/h1-7,10-11H,8-9H2. The highest BCUT2D eigenvalue weighted by Gasteiger charge is 2.08. The molecule has 0 amide bonds. The van der Waals surface area contributed by atoms with Gasteiger partial charge in [-0.1, -0.05) is 30.0 Å². The Hall–Kier alpha value is -2.94. The molecule has 0 aliphatic heterocycles. The summed E-state index contributed by atoms with van der Waals surface area (Å²) in [5, 5.41) is 15.7. The maximum atomic E-state index is 11.7. The molecule has 3 aromatic rings. The number of nitro groups is 1. The lowest BCUT2D eigenvalue weighted by molar-refractivity contribution is -0.385. The highest BCUT2D eigenvalue weighted by Crippen LogP contribution is 2.15. The Balaban J connectivity index is 1.63. The zero-order valence-electron chi connectivity index (χ0n) is 12.5. The van der Waals surface area contributed by atoms with Crippen molar-refractivity contribution in [2.45, 2.75) is 11.7 Å². The molecule has 0 atom stereocenters. The maximum absolute atomic E-state index is 11.7. The molecule has 122 valence electrons. The quantitative estimate of drug-likeness (QED) is 0.386. The van der Waals surface area contributed by atoms with Gasteiger partial charge in [0, 0.05) is 24.4 Å². The lowest BCUT2D eigenvalue weighted by Crippen LogP contribution is -2.19. The van der Waals surface area contributed by atoms with Gasteiger partial charge >= 0.3 is 0 Å². The third-order valence-corrected chi connectivity index (χ3v) is 4.07. The molecule has 0 fully saturated rings. The third kappa shape index (κ3) is 3.69. The number of aryl methyl sites for hydroxylation is 1. The smallest absolute Gasteiger partial charge is 0.285 e. The van der Waals surface area contributed by atoms with E-state index in [4.69, 9.17) is 0 Å². The first kappa shape index (κ1) is 15.9. The fourth-order valence-electron chi connectivity index (χ4n) is 2.06. The summed E-state index contributed by atoms with van der Waals surface area (Å²) in [5.74, 6) is 0.528. The minimum absolute atomic E-state index is 0.105. The minimum atomic E-state index is -0.522. The third-order valence-electron chi connectivity index (χ3n) is 3.23. The van der Waals surface area contributed by atoms with E-state index < -0.39 is 4.92 Å². The second-order valence-corrected chi connectivity index (χ2v) is 5.89. The minimum Gasteiger partial charge on any atom is -0.308 e. The van der Waals surface area contributed by atoms with Gasteiger partial charge in [0.15, 0.2) is 0 Å². The van der Waals surface area contributed by atoms with Crippen LogP contribution in [0.4, 0.5) is 5.69 Å². The molecule has 24 heavy (non-hydrogen) atoms. The predicted molar refractivity (Wildman–Crippen MR) is 89.4 cm³/mol. The molecule has 0 N–H and O–H groups in total. The van der Waals surface area contributed by atoms with Gasteiger partial charge in [-0.3, -0.25) is 14.9 Å².